The Labute approximate surface area is 462 Å². The lowest BCUT2D eigenvalue weighted by atomic mass is 9.13. The van der Waals surface area contributed by atoms with E-state index in [4.69, 9.17) is 14.2 Å². The number of hydrogen-bond acceptors (Lipinski definition) is 6. The molecule has 5 nitrogen and oxygen atoms in total. The Kier molecular flexibility index (Phi) is 17.7. The van der Waals surface area contributed by atoms with Crippen LogP contribution in [-0.4, -0.2) is 24.5 Å². The highest BCUT2D eigenvalue weighted by Gasteiger charge is 2.40. The minimum absolute atomic E-state index is 0.0437. The minimum atomic E-state index is -3.26. The van der Waals surface area contributed by atoms with Crippen LogP contribution < -0.4 is 31.3 Å². The van der Waals surface area contributed by atoms with Crippen molar-refractivity contribution in [3.05, 3.63) is 283 Å². The van der Waals surface area contributed by atoms with Gasteiger partial charge in [0.15, 0.2) is 32.1 Å². The van der Waals surface area contributed by atoms with Gasteiger partial charge in [0.2, 0.25) is 0 Å². The van der Waals surface area contributed by atoms with Gasteiger partial charge in [0.25, 0.3) is 5.78 Å². The Morgan fingerprint density at radius 1 is 0.400 bits per heavy atom. The smallest absolute Gasteiger partial charge is 0.379 e. The average molecular weight is 1120 g/mol. The van der Waals surface area contributed by atoms with E-state index in [1.807, 2.05) is 97.1 Å². The van der Waals surface area contributed by atoms with Gasteiger partial charge in [0.05, 0.1) is 17.5 Å². The van der Waals surface area contributed by atoms with Crippen molar-refractivity contribution < 1.29 is 58.9 Å². The number of benzene rings is 10. The van der Waals surface area contributed by atoms with Gasteiger partial charge in [-0.25, -0.2) is 39.9 Å². The van der Waals surface area contributed by atoms with Crippen LogP contribution in [0.25, 0.3) is 0 Å². The predicted octanol–water partition coefficient (Wildman–Crippen LogP) is 14.4. The fourth-order valence-electron chi connectivity index (χ4n) is 9.05. The van der Waals surface area contributed by atoms with Crippen LogP contribution in [0.1, 0.15) is 17.3 Å². The number of halogens is 8. The van der Waals surface area contributed by atoms with Crippen molar-refractivity contribution >= 4 is 62.4 Å². The Hall–Kier alpha value is -8.86. The maximum absolute atomic E-state index is 15.3. The first kappa shape index (κ1) is 55.9. The second kappa shape index (κ2) is 25.3. The van der Waals surface area contributed by atoms with Crippen LogP contribution in [0, 0.1) is 46.5 Å². The van der Waals surface area contributed by atoms with Gasteiger partial charge in [-0.1, -0.05) is 84.6 Å². The second-order valence-corrected chi connectivity index (χ2v) is 20.9. The maximum Gasteiger partial charge on any atom is 0.379 e. The molecule has 0 saturated heterocycles. The number of ketones is 1. The van der Waals surface area contributed by atoms with E-state index in [0.29, 0.717) is 5.56 Å². The van der Waals surface area contributed by atoms with E-state index in [1.165, 1.54) is 0 Å². The monoisotopic (exact) mass is 1120 g/mol. The Morgan fingerprint density at radius 2 is 0.725 bits per heavy atom. The van der Waals surface area contributed by atoms with Crippen molar-refractivity contribution in [1.29, 1.82) is 0 Å². The predicted molar refractivity (Wildman–Crippen MR) is 296 cm³/mol. The third-order valence-electron chi connectivity index (χ3n) is 12.7. The molecular weight excluding hydrogens is 1080 g/mol. The molecule has 400 valence electrons. The molecule has 0 unspecified atom stereocenters. The quantitative estimate of drug-likeness (QED) is 0.0140. The van der Waals surface area contributed by atoms with E-state index in [1.54, 1.807) is 30.8 Å². The molecule has 0 heterocycles. The summed E-state index contributed by atoms with van der Waals surface area (Å²) in [6, 6.07) is 64.0. The number of esters is 1. The van der Waals surface area contributed by atoms with E-state index < -0.39 is 80.8 Å². The molecule has 0 aromatic heterocycles. The van der Waals surface area contributed by atoms with E-state index in [9.17, 15) is 35.9 Å². The number of ether oxygens (including phenoxy) is 3. The van der Waals surface area contributed by atoms with E-state index in [-0.39, 0.29) is 23.0 Å². The summed E-state index contributed by atoms with van der Waals surface area (Å²) in [5, 5.41) is 0. The number of carbonyl (C=O) groups is 2. The van der Waals surface area contributed by atoms with Gasteiger partial charge in [-0.2, -0.15) is 16.4 Å². The van der Waals surface area contributed by atoms with Gasteiger partial charge in [-0.15, -0.1) is 5.46 Å². The summed E-state index contributed by atoms with van der Waals surface area (Å²) in [4.78, 5) is 29.5. The fraction of sp³-hybridized carbons (Fsp3) is 0.0312. The molecule has 0 aliphatic rings. The molecule has 80 heavy (non-hydrogen) atoms. The number of rotatable bonds is 16. The molecule has 0 radical (unpaired) electrons. The maximum atomic E-state index is 15.3. The normalized spacial score (nSPS) is 11.1. The van der Waals surface area contributed by atoms with Crippen molar-refractivity contribution in [2.75, 3.05) is 6.61 Å². The molecule has 0 spiro atoms. The summed E-state index contributed by atoms with van der Waals surface area (Å²) in [6.07, 6.45) is -3.26. The number of Topliss-reactive ketones (excluding diaryl/α,β-unsaturated/α-hetero) is 1. The Balaban J connectivity index is 0.000000206. The minimum Gasteiger partial charge on any atom is -0.460 e. The van der Waals surface area contributed by atoms with E-state index in [0.717, 1.165) is 120 Å². The summed E-state index contributed by atoms with van der Waals surface area (Å²) in [7, 11) is -0.395. The van der Waals surface area contributed by atoms with Crippen molar-refractivity contribution in [3.8, 4) is 23.0 Å². The third-order valence-corrected chi connectivity index (χ3v) is 16.0. The molecule has 0 fully saturated rings. The van der Waals surface area contributed by atoms with E-state index in [2.05, 4.69) is 48.5 Å². The van der Waals surface area contributed by atoms with Gasteiger partial charge in [0.1, 0.15) is 58.2 Å². The molecule has 0 bridgehead atoms. The number of carbonyl (C=O) groups excluding carboxylic acids is 2. The van der Waals surface area contributed by atoms with Crippen LogP contribution in [-0.2, 0) is 20.4 Å². The Bertz CT molecular complexity index is 3510. The molecule has 10 rings (SSSR count). The number of para-hydroxylation sites is 2. The molecule has 0 saturated carbocycles. The third kappa shape index (κ3) is 12.5. The van der Waals surface area contributed by atoms with Crippen LogP contribution >= 0.6 is 11.8 Å². The highest BCUT2D eigenvalue weighted by Crippen LogP contribution is 2.37. The second-order valence-electron chi connectivity index (χ2n) is 17.7. The largest absolute Gasteiger partial charge is 0.460 e. The van der Waals surface area contributed by atoms with Gasteiger partial charge in [-0.05, 0) is 165 Å². The lowest BCUT2D eigenvalue weighted by Gasteiger charge is -2.44. The lowest BCUT2D eigenvalue weighted by molar-refractivity contribution is -0.137. The summed E-state index contributed by atoms with van der Waals surface area (Å²) in [5.74, 6) is -11.4. The summed E-state index contributed by atoms with van der Waals surface area (Å²) >= 11 is 1.59. The van der Waals surface area contributed by atoms with Gasteiger partial charge in [-0.3, -0.25) is 4.79 Å². The summed E-state index contributed by atoms with van der Waals surface area (Å²) < 4.78 is 131. The zero-order valence-corrected chi connectivity index (χ0v) is 43.7. The van der Waals surface area contributed by atoms with Crippen LogP contribution in [0.3, 0.4) is 0 Å². The van der Waals surface area contributed by atoms with Gasteiger partial charge < -0.3 is 14.2 Å². The van der Waals surface area contributed by atoms with Crippen molar-refractivity contribution in [2.45, 2.75) is 31.4 Å². The van der Waals surface area contributed by atoms with Crippen molar-refractivity contribution in [2.24, 2.45) is 0 Å². The fourth-order valence-corrected chi connectivity index (χ4v) is 11.9. The summed E-state index contributed by atoms with van der Waals surface area (Å²) in [6.45, 7) is 1.84. The van der Waals surface area contributed by atoms with Crippen LogP contribution in [0.2, 0.25) is 0 Å². The topological polar surface area (TPSA) is 61.8 Å². The highest BCUT2D eigenvalue weighted by molar-refractivity contribution is 7.99. The summed E-state index contributed by atoms with van der Waals surface area (Å²) in [5.41, 5.74) is -1.03. The SMILES string of the molecule is CCOC(=O)C(=O)c1ccc(Sc2ccc([S+](c3ccc(Oc4ccccc4)cc3)c3ccc(Oc4ccccc4)cc3)cc2)cc1.Fc1ccc([B-](c2ccc(F)cc2)(c2ccc(F)cc2)c2c(F)c(F)c(F)c(F)c2F)cc1. The first-order valence-electron chi connectivity index (χ1n) is 24.7. The molecule has 0 aliphatic heterocycles. The van der Waals surface area contributed by atoms with Gasteiger partial charge >= 0.3 is 5.97 Å². The standard InChI is InChI=1S/C40H31O5S2.C24H12BF8/c1-2-43-40(42)39(41)29-13-19-34(20-14-29)46-35-21-27-38(28-22-35)47(36-23-15-32(16-24-36)44-30-9-5-3-6-10-30)37-25-17-33(18-26-37)45-31-11-7-4-8-12-31;26-16-7-1-13(2-8-16)25(14-3-9-17(27)10-4-14,15-5-11-18(28)12-6-15)19-20(29)22(31)24(33)23(32)21(19)30/h3-28H,2H2,1H3;1-12H/q+1;-1. The molecular formula is C64H43BF8O5S2. The first-order chi connectivity index (χ1) is 38.7. The zero-order valence-electron chi connectivity index (χ0n) is 42.1. The number of hydrogen-bond donors (Lipinski definition) is 0. The molecule has 16 heteroatoms. The highest BCUT2D eigenvalue weighted by atomic mass is 32.2. The zero-order chi connectivity index (χ0) is 56.3. The molecule has 10 aromatic carbocycles. The first-order valence-corrected chi connectivity index (χ1v) is 26.7. The Morgan fingerprint density at radius 3 is 1.09 bits per heavy atom. The molecule has 0 atom stereocenters. The molecule has 0 amide bonds. The molecule has 0 aliphatic carbocycles. The van der Waals surface area contributed by atoms with Crippen molar-refractivity contribution in [3.63, 3.8) is 0 Å². The van der Waals surface area contributed by atoms with Crippen LogP contribution in [0.4, 0.5) is 35.1 Å². The van der Waals surface area contributed by atoms with Gasteiger partial charge in [0, 0.05) is 15.4 Å². The lowest BCUT2D eigenvalue weighted by Crippen LogP contribution is -2.76. The van der Waals surface area contributed by atoms with Crippen LogP contribution in [0.5, 0.6) is 23.0 Å². The molecule has 0 N–H and O–H groups in total. The van der Waals surface area contributed by atoms with E-state index >= 15 is 8.78 Å². The average Bonchev–Trinajstić information content (AvgIpc) is 3.63. The molecule has 10 aromatic rings. The van der Waals surface area contributed by atoms with Crippen LogP contribution in [0.15, 0.2) is 255 Å². The van der Waals surface area contributed by atoms with Crippen molar-refractivity contribution in [1.82, 2.24) is 0 Å².